The lowest BCUT2D eigenvalue weighted by molar-refractivity contribution is 0.0696. The number of methoxy groups -OCH3 is 2. The average molecular weight is 445 g/mol. The van der Waals surface area contributed by atoms with E-state index >= 15 is 0 Å². The van der Waals surface area contributed by atoms with Gasteiger partial charge in [-0.1, -0.05) is 30.3 Å². The number of aromatic carboxylic acids is 1. The zero-order valence-electron chi connectivity index (χ0n) is 17.5. The highest BCUT2D eigenvalue weighted by molar-refractivity contribution is 7.22. The number of ketones is 1. The number of benzene rings is 3. The number of allylic oxidation sites excluding steroid dienone is 1. The van der Waals surface area contributed by atoms with Crippen LogP contribution in [-0.2, 0) is 0 Å². The summed E-state index contributed by atoms with van der Waals surface area (Å²) in [7, 11) is 3.21. The number of hydrogen-bond acceptors (Lipinski definition) is 5. The fourth-order valence-electron chi connectivity index (χ4n) is 3.48. The molecular weight excluding hydrogens is 424 g/mol. The maximum absolute atomic E-state index is 12.6. The van der Waals surface area contributed by atoms with Crippen molar-refractivity contribution in [3.8, 4) is 21.9 Å². The van der Waals surface area contributed by atoms with Gasteiger partial charge >= 0.3 is 5.97 Å². The molecule has 0 aliphatic heterocycles. The van der Waals surface area contributed by atoms with Crippen LogP contribution in [0.5, 0.6) is 11.5 Å². The summed E-state index contributed by atoms with van der Waals surface area (Å²) in [5, 5.41) is 10.1. The van der Waals surface area contributed by atoms with Crippen molar-refractivity contribution in [1.82, 2.24) is 0 Å². The van der Waals surface area contributed by atoms with Crippen LogP contribution in [0.3, 0.4) is 0 Å². The molecule has 4 aromatic rings. The lowest BCUT2D eigenvalue weighted by atomic mass is 10.0. The summed E-state index contributed by atoms with van der Waals surface area (Å²) >= 11 is 1.64. The van der Waals surface area contributed by atoms with E-state index in [9.17, 15) is 9.59 Å². The van der Waals surface area contributed by atoms with Gasteiger partial charge in [-0.2, -0.15) is 0 Å². The third-order valence-corrected chi connectivity index (χ3v) is 6.21. The fraction of sp³-hybridized carbons (Fsp3) is 0.0769. The lowest BCUT2D eigenvalue weighted by Gasteiger charge is -2.14. The summed E-state index contributed by atoms with van der Waals surface area (Å²) in [6.45, 7) is 0. The van der Waals surface area contributed by atoms with Gasteiger partial charge in [0.15, 0.2) is 5.78 Å². The van der Waals surface area contributed by atoms with E-state index in [0.717, 1.165) is 26.1 Å². The number of ether oxygens (including phenoxy) is 2. The van der Waals surface area contributed by atoms with Crippen molar-refractivity contribution in [3.05, 3.63) is 89.5 Å². The molecule has 32 heavy (non-hydrogen) atoms. The second kappa shape index (κ2) is 9.08. The Hall–Kier alpha value is -3.90. The van der Waals surface area contributed by atoms with E-state index in [2.05, 4.69) is 18.2 Å². The van der Waals surface area contributed by atoms with Gasteiger partial charge in [-0.05, 0) is 53.9 Å². The quantitative estimate of drug-likeness (QED) is 0.272. The molecule has 1 N–H and O–H groups in total. The van der Waals surface area contributed by atoms with Crippen molar-refractivity contribution in [2.75, 3.05) is 14.2 Å². The van der Waals surface area contributed by atoms with Crippen LogP contribution in [0.25, 0.3) is 26.6 Å². The molecule has 4 rings (SSSR count). The van der Waals surface area contributed by atoms with Crippen molar-refractivity contribution in [2.24, 2.45) is 0 Å². The molecule has 0 radical (unpaired) electrons. The Morgan fingerprint density at radius 3 is 2.28 bits per heavy atom. The van der Waals surface area contributed by atoms with Gasteiger partial charge in [0.1, 0.15) is 11.5 Å². The van der Waals surface area contributed by atoms with Crippen LogP contribution in [0, 0.1) is 0 Å². The molecule has 0 atom stereocenters. The van der Waals surface area contributed by atoms with Crippen molar-refractivity contribution in [2.45, 2.75) is 0 Å². The summed E-state index contributed by atoms with van der Waals surface area (Å²) in [6, 6.07) is 19.8. The minimum atomic E-state index is -1.03. The van der Waals surface area contributed by atoms with E-state index in [1.807, 2.05) is 24.3 Å². The second-order valence-electron chi connectivity index (χ2n) is 6.99. The summed E-state index contributed by atoms with van der Waals surface area (Å²) < 4.78 is 12.5. The number of carbonyl (C=O) groups excluding carboxylic acids is 1. The average Bonchev–Trinajstić information content (AvgIpc) is 3.25. The molecule has 0 fully saturated rings. The van der Waals surface area contributed by atoms with Crippen LogP contribution in [0.1, 0.15) is 26.3 Å². The van der Waals surface area contributed by atoms with Gasteiger partial charge in [0.05, 0.1) is 25.3 Å². The molecule has 0 aliphatic carbocycles. The SMILES string of the molecule is COc1ccc(C=CC(=O)c2ccc(C(=O)O)cc2)c(OC)c1-c1cc2ccccc2s1. The minimum absolute atomic E-state index is 0.135. The van der Waals surface area contributed by atoms with Crippen LogP contribution in [-0.4, -0.2) is 31.1 Å². The van der Waals surface area contributed by atoms with Gasteiger partial charge in [-0.25, -0.2) is 4.79 Å². The smallest absolute Gasteiger partial charge is 0.335 e. The topological polar surface area (TPSA) is 72.8 Å². The van der Waals surface area contributed by atoms with Crippen molar-refractivity contribution in [1.29, 1.82) is 0 Å². The first-order chi connectivity index (χ1) is 15.5. The van der Waals surface area contributed by atoms with Crippen LogP contribution < -0.4 is 9.47 Å². The standard InChI is InChI=1S/C26H20O5S/c1-30-21-14-12-17(11-13-20(27)16-7-9-18(10-8-16)26(28)29)25(31-2)24(21)23-15-19-5-3-4-6-22(19)32-23/h3-15H,1-2H3,(H,28,29). The molecule has 0 bridgehead atoms. The van der Waals surface area contributed by atoms with E-state index in [-0.39, 0.29) is 11.3 Å². The third kappa shape index (κ3) is 4.13. The van der Waals surface area contributed by atoms with Crippen LogP contribution in [0.4, 0.5) is 0 Å². The monoisotopic (exact) mass is 444 g/mol. The van der Waals surface area contributed by atoms with E-state index in [0.29, 0.717) is 17.1 Å². The number of carbonyl (C=O) groups is 2. The molecule has 0 unspecified atom stereocenters. The molecule has 0 spiro atoms. The van der Waals surface area contributed by atoms with Crippen molar-refractivity contribution >= 4 is 39.3 Å². The predicted octanol–water partition coefficient (Wildman–Crippen LogP) is 6.18. The van der Waals surface area contributed by atoms with E-state index in [1.165, 1.54) is 30.3 Å². The van der Waals surface area contributed by atoms with Crippen LogP contribution in [0.2, 0.25) is 0 Å². The Kier molecular flexibility index (Phi) is 6.05. The summed E-state index contributed by atoms with van der Waals surface area (Å²) in [4.78, 5) is 24.6. The Balaban J connectivity index is 1.72. The molecule has 5 nitrogen and oxygen atoms in total. The minimum Gasteiger partial charge on any atom is -0.496 e. The molecule has 0 saturated heterocycles. The number of carboxylic acid groups (broad SMARTS) is 1. The highest BCUT2D eigenvalue weighted by atomic mass is 32.1. The molecule has 0 aliphatic rings. The zero-order chi connectivity index (χ0) is 22.7. The third-order valence-electron chi connectivity index (χ3n) is 5.08. The molecule has 1 heterocycles. The molecule has 3 aromatic carbocycles. The lowest BCUT2D eigenvalue weighted by Crippen LogP contribution is -1.99. The predicted molar refractivity (Wildman–Crippen MR) is 127 cm³/mol. The summed E-state index contributed by atoms with van der Waals surface area (Å²) in [5.74, 6) is 0.0295. The summed E-state index contributed by atoms with van der Waals surface area (Å²) in [6.07, 6.45) is 3.15. The van der Waals surface area contributed by atoms with Gasteiger partial charge in [0.2, 0.25) is 0 Å². The van der Waals surface area contributed by atoms with Gasteiger partial charge in [0, 0.05) is 20.7 Å². The number of hydrogen-bond donors (Lipinski definition) is 1. The largest absolute Gasteiger partial charge is 0.496 e. The Morgan fingerprint density at radius 2 is 1.62 bits per heavy atom. The Labute approximate surface area is 189 Å². The molecular formula is C26H20O5S. The van der Waals surface area contributed by atoms with Crippen LogP contribution >= 0.6 is 11.3 Å². The van der Waals surface area contributed by atoms with Crippen molar-refractivity contribution in [3.63, 3.8) is 0 Å². The first kappa shape index (κ1) is 21.3. The first-order valence-corrected chi connectivity index (χ1v) is 10.6. The maximum Gasteiger partial charge on any atom is 0.335 e. The van der Waals surface area contributed by atoms with Gasteiger partial charge < -0.3 is 14.6 Å². The molecule has 160 valence electrons. The highest BCUT2D eigenvalue weighted by Crippen LogP contribution is 2.45. The Morgan fingerprint density at radius 1 is 0.906 bits per heavy atom. The second-order valence-corrected chi connectivity index (χ2v) is 8.08. The molecule has 0 saturated carbocycles. The molecule has 0 amide bonds. The summed E-state index contributed by atoms with van der Waals surface area (Å²) in [5.41, 5.74) is 2.10. The van der Waals surface area contributed by atoms with Gasteiger partial charge in [-0.15, -0.1) is 11.3 Å². The van der Waals surface area contributed by atoms with Crippen LogP contribution in [0.15, 0.2) is 72.8 Å². The number of fused-ring (bicyclic) bond motifs is 1. The van der Waals surface area contributed by atoms with E-state index < -0.39 is 5.97 Å². The van der Waals surface area contributed by atoms with E-state index in [4.69, 9.17) is 14.6 Å². The maximum atomic E-state index is 12.6. The number of rotatable bonds is 7. The highest BCUT2D eigenvalue weighted by Gasteiger charge is 2.18. The normalized spacial score (nSPS) is 11.1. The Bertz CT molecular complexity index is 1300. The first-order valence-electron chi connectivity index (χ1n) is 9.81. The van der Waals surface area contributed by atoms with Gasteiger partial charge in [0.25, 0.3) is 0 Å². The van der Waals surface area contributed by atoms with E-state index in [1.54, 1.807) is 31.6 Å². The fourth-order valence-corrected chi connectivity index (χ4v) is 4.59. The van der Waals surface area contributed by atoms with Gasteiger partial charge in [-0.3, -0.25) is 4.79 Å². The van der Waals surface area contributed by atoms with Crippen molar-refractivity contribution < 1.29 is 24.2 Å². The zero-order valence-corrected chi connectivity index (χ0v) is 18.3. The number of carboxylic acids is 1. The number of thiophene rings is 1. The molecule has 1 aromatic heterocycles. The molecule has 6 heteroatoms.